The van der Waals surface area contributed by atoms with Gasteiger partial charge in [0.1, 0.15) is 4.32 Å². The number of aromatic nitrogens is 1. The van der Waals surface area contributed by atoms with E-state index in [2.05, 4.69) is 10.3 Å². The van der Waals surface area contributed by atoms with E-state index in [1.165, 1.54) is 23.1 Å². The van der Waals surface area contributed by atoms with Crippen LogP contribution in [0.3, 0.4) is 0 Å². The average molecular weight is 577 g/mol. The summed E-state index contributed by atoms with van der Waals surface area (Å²) in [5, 5.41) is 4.84. The van der Waals surface area contributed by atoms with Crippen molar-refractivity contribution >= 4 is 85.9 Å². The maximum atomic E-state index is 12.7. The van der Waals surface area contributed by atoms with Crippen LogP contribution < -0.4 is 5.32 Å². The lowest BCUT2D eigenvalue weighted by Crippen LogP contribution is -2.29. The Labute approximate surface area is 233 Å². The van der Waals surface area contributed by atoms with Crippen LogP contribution in [0.15, 0.2) is 59.6 Å². The molecule has 0 atom stereocenters. The van der Waals surface area contributed by atoms with E-state index in [-0.39, 0.29) is 11.8 Å². The first kappa shape index (κ1) is 26.8. The molecule has 2 heterocycles. The lowest BCUT2D eigenvalue weighted by Gasteiger charge is -2.14. The number of halogens is 2. The van der Waals surface area contributed by atoms with Crippen LogP contribution >= 0.6 is 58.5 Å². The third kappa shape index (κ3) is 7.40. The van der Waals surface area contributed by atoms with Gasteiger partial charge in [-0.1, -0.05) is 83.9 Å². The molecule has 36 heavy (non-hydrogen) atoms. The highest BCUT2D eigenvalue weighted by Crippen LogP contribution is 2.33. The van der Waals surface area contributed by atoms with Crippen LogP contribution in [-0.4, -0.2) is 32.6 Å². The number of unbranched alkanes of at least 4 members (excludes halogenated alkanes) is 2. The van der Waals surface area contributed by atoms with Gasteiger partial charge < -0.3 is 5.32 Å². The summed E-state index contributed by atoms with van der Waals surface area (Å²) in [6.07, 6.45) is 6.99. The number of thiocarbonyl (C=S) groups is 1. The molecule has 0 bridgehead atoms. The summed E-state index contributed by atoms with van der Waals surface area (Å²) in [7, 11) is 0. The number of benzene rings is 2. The van der Waals surface area contributed by atoms with E-state index in [1.54, 1.807) is 23.2 Å². The van der Waals surface area contributed by atoms with Crippen LogP contribution in [0.2, 0.25) is 10.0 Å². The van der Waals surface area contributed by atoms with Crippen LogP contribution in [0.4, 0.5) is 5.13 Å². The highest BCUT2D eigenvalue weighted by Gasteiger charge is 2.31. The first-order valence-electron chi connectivity index (χ1n) is 11.4. The molecule has 0 radical (unpaired) electrons. The van der Waals surface area contributed by atoms with E-state index in [1.807, 2.05) is 42.5 Å². The molecule has 3 aromatic rings. The van der Waals surface area contributed by atoms with Crippen molar-refractivity contribution in [1.82, 2.24) is 9.88 Å². The lowest BCUT2D eigenvalue weighted by molar-refractivity contribution is -0.122. The highest BCUT2D eigenvalue weighted by molar-refractivity contribution is 8.26. The Balaban J connectivity index is 1.17. The number of rotatable bonds is 10. The summed E-state index contributed by atoms with van der Waals surface area (Å²) < 4.78 is 0.564. The third-order valence-electron chi connectivity index (χ3n) is 5.45. The highest BCUT2D eigenvalue weighted by atomic mass is 35.5. The number of thiazole rings is 1. The predicted octanol–water partition coefficient (Wildman–Crippen LogP) is 7.44. The largest absolute Gasteiger partial charge is 0.302 e. The molecule has 5 nitrogen and oxygen atoms in total. The van der Waals surface area contributed by atoms with Crippen LogP contribution in [-0.2, 0) is 16.0 Å². The van der Waals surface area contributed by atoms with Crippen molar-refractivity contribution in [2.24, 2.45) is 0 Å². The van der Waals surface area contributed by atoms with Gasteiger partial charge in [0, 0.05) is 40.5 Å². The third-order valence-corrected chi connectivity index (χ3v) is 8.36. The van der Waals surface area contributed by atoms with Crippen molar-refractivity contribution in [2.45, 2.75) is 32.1 Å². The Morgan fingerprint density at radius 3 is 2.64 bits per heavy atom. The average Bonchev–Trinajstić information content (AvgIpc) is 3.40. The zero-order valence-electron chi connectivity index (χ0n) is 19.2. The van der Waals surface area contributed by atoms with Gasteiger partial charge in [-0.05, 0) is 48.2 Å². The normalized spacial score (nSPS) is 14.6. The maximum Gasteiger partial charge on any atom is 0.266 e. The van der Waals surface area contributed by atoms with Gasteiger partial charge in [0.2, 0.25) is 5.91 Å². The van der Waals surface area contributed by atoms with Gasteiger partial charge >= 0.3 is 0 Å². The molecule has 1 aliphatic rings. The molecule has 2 amide bonds. The summed E-state index contributed by atoms with van der Waals surface area (Å²) in [5.74, 6) is -0.140. The lowest BCUT2D eigenvalue weighted by atomic mass is 10.1. The molecule has 4 rings (SSSR count). The molecular formula is C26H23Cl2N3O2S3. The molecule has 1 aromatic heterocycles. The molecule has 0 aliphatic carbocycles. The van der Waals surface area contributed by atoms with Crippen molar-refractivity contribution in [3.8, 4) is 0 Å². The number of anilines is 1. The molecule has 1 N–H and O–H groups in total. The van der Waals surface area contributed by atoms with E-state index in [9.17, 15) is 9.59 Å². The summed E-state index contributed by atoms with van der Waals surface area (Å²) in [5.41, 5.74) is 1.93. The van der Waals surface area contributed by atoms with Gasteiger partial charge in [-0.2, -0.15) is 0 Å². The second-order valence-corrected chi connectivity index (χ2v) is 11.8. The molecule has 0 spiro atoms. The van der Waals surface area contributed by atoms with E-state index in [0.717, 1.165) is 40.3 Å². The maximum absolute atomic E-state index is 12.7. The predicted molar refractivity (Wildman–Crippen MR) is 155 cm³/mol. The summed E-state index contributed by atoms with van der Waals surface area (Å²) >= 11 is 20.3. The topological polar surface area (TPSA) is 62.3 Å². The molecule has 0 unspecified atom stereocenters. The number of nitrogens with zero attached hydrogens (tertiary/aromatic N) is 2. The molecule has 186 valence electrons. The molecule has 1 saturated heterocycles. The van der Waals surface area contributed by atoms with Gasteiger partial charge in [-0.25, -0.2) is 4.98 Å². The van der Waals surface area contributed by atoms with Crippen molar-refractivity contribution in [3.05, 3.63) is 85.7 Å². The minimum atomic E-state index is -0.0749. The zero-order chi connectivity index (χ0) is 25.5. The Kier molecular flexibility index (Phi) is 9.56. The quantitative estimate of drug-likeness (QED) is 0.154. The molecular weight excluding hydrogens is 553 g/mol. The fraction of sp³-hybridized carbons (Fsp3) is 0.231. The van der Waals surface area contributed by atoms with Gasteiger partial charge in [0.05, 0.1) is 4.91 Å². The summed E-state index contributed by atoms with van der Waals surface area (Å²) in [4.78, 5) is 32.7. The van der Waals surface area contributed by atoms with Crippen LogP contribution in [0.25, 0.3) is 6.08 Å². The van der Waals surface area contributed by atoms with E-state index in [0.29, 0.717) is 38.8 Å². The van der Waals surface area contributed by atoms with E-state index in [4.69, 9.17) is 35.4 Å². The molecule has 1 fully saturated rings. The first-order valence-corrected chi connectivity index (χ1v) is 14.2. The zero-order valence-corrected chi connectivity index (χ0v) is 23.2. The van der Waals surface area contributed by atoms with Crippen molar-refractivity contribution in [3.63, 3.8) is 0 Å². The Hall–Kier alpha value is -2.23. The van der Waals surface area contributed by atoms with Crippen LogP contribution in [0.1, 0.15) is 41.7 Å². The van der Waals surface area contributed by atoms with E-state index >= 15 is 0 Å². The van der Waals surface area contributed by atoms with Crippen molar-refractivity contribution < 1.29 is 9.59 Å². The second-order valence-electron chi connectivity index (χ2n) is 8.14. The Morgan fingerprint density at radius 1 is 1.08 bits per heavy atom. The second kappa shape index (κ2) is 12.8. The van der Waals surface area contributed by atoms with Crippen LogP contribution in [0, 0.1) is 0 Å². The number of thioether (sulfide) groups is 1. The Bertz CT molecular complexity index is 1290. The van der Waals surface area contributed by atoms with Gasteiger partial charge in [0.25, 0.3) is 5.91 Å². The van der Waals surface area contributed by atoms with Gasteiger partial charge in [-0.3, -0.25) is 14.5 Å². The monoisotopic (exact) mass is 575 g/mol. The fourth-order valence-electron chi connectivity index (χ4n) is 3.59. The Morgan fingerprint density at radius 2 is 1.86 bits per heavy atom. The van der Waals surface area contributed by atoms with Crippen molar-refractivity contribution in [2.75, 3.05) is 11.9 Å². The standard InChI is InChI=1S/C26H23Cl2N3O2S3/c27-19-11-9-17(10-12-19)14-22-24(33)31(26(34)36-22)13-5-1-2-8-23(32)30-25-29-16-20(35-25)15-18-6-3-4-7-21(18)28/h3-4,6-7,9-12,14,16H,1-2,5,8,13,15H2,(H,29,30,32). The first-order chi connectivity index (χ1) is 17.4. The fourth-order valence-corrected chi connectivity index (χ4v) is 6.08. The molecule has 2 aromatic carbocycles. The minimum absolute atomic E-state index is 0.0647. The minimum Gasteiger partial charge on any atom is -0.302 e. The number of hydrogen-bond acceptors (Lipinski definition) is 6. The number of carbonyl (C=O) groups is 2. The number of amides is 2. The number of hydrogen-bond donors (Lipinski definition) is 1. The SMILES string of the molecule is O=C(CCCCCN1C(=O)C(=Cc2ccc(Cl)cc2)SC1=S)Nc1ncc(Cc2ccccc2Cl)s1. The van der Waals surface area contributed by atoms with E-state index < -0.39 is 0 Å². The molecule has 1 aliphatic heterocycles. The number of nitrogens with one attached hydrogen (secondary N) is 1. The van der Waals surface area contributed by atoms with Gasteiger partial charge in [0.15, 0.2) is 5.13 Å². The number of carbonyl (C=O) groups excluding carboxylic acids is 2. The molecule has 10 heteroatoms. The van der Waals surface area contributed by atoms with Crippen LogP contribution in [0.5, 0.6) is 0 Å². The molecule has 0 saturated carbocycles. The smallest absolute Gasteiger partial charge is 0.266 e. The van der Waals surface area contributed by atoms with Gasteiger partial charge in [-0.15, -0.1) is 11.3 Å². The summed E-state index contributed by atoms with van der Waals surface area (Å²) in [6.45, 7) is 0.544. The van der Waals surface area contributed by atoms with Crippen molar-refractivity contribution in [1.29, 1.82) is 0 Å². The summed E-state index contributed by atoms with van der Waals surface area (Å²) in [6, 6.07) is 15.0.